The first kappa shape index (κ1) is 22.6. The van der Waals surface area contributed by atoms with Crippen molar-refractivity contribution in [2.24, 2.45) is 5.73 Å². The molecule has 11 heteroatoms. The molecule has 0 aliphatic heterocycles. The Bertz CT molecular complexity index is 858. The maximum atomic E-state index is 10.6. The zero-order chi connectivity index (χ0) is 21.5. The van der Waals surface area contributed by atoms with Crippen molar-refractivity contribution in [1.29, 1.82) is 0 Å². The van der Waals surface area contributed by atoms with Crippen molar-refractivity contribution in [2.75, 3.05) is 0 Å². The van der Waals surface area contributed by atoms with E-state index in [1.54, 1.807) is 0 Å². The summed E-state index contributed by atoms with van der Waals surface area (Å²) in [6.07, 6.45) is -0.129. The van der Waals surface area contributed by atoms with E-state index in [2.05, 4.69) is 4.98 Å². The van der Waals surface area contributed by atoms with Crippen molar-refractivity contribution >= 4 is 34.8 Å². The molecule has 1 atom stereocenters. The first-order valence-electron chi connectivity index (χ1n) is 7.89. The highest BCUT2D eigenvalue weighted by Crippen LogP contribution is 2.18. The van der Waals surface area contributed by atoms with Crippen LogP contribution >= 0.6 is 0 Å². The zero-order valence-electron chi connectivity index (χ0n) is 14.5. The average Bonchev–Trinajstić information content (AvgIpc) is 2.97. The van der Waals surface area contributed by atoms with Gasteiger partial charge in [-0.05, 0) is 11.6 Å². The highest BCUT2D eigenvalue weighted by atomic mass is 16.4. The van der Waals surface area contributed by atoms with Gasteiger partial charge in [-0.1, -0.05) is 18.2 Å². The normalized spacial score (nSPS) is 11.9. The second-order valence-electron chi connectivity index (χ2n) is 5.99. The van der Waals surface area contributed by atoms with Crippen molar-refractivity contribution in [3.05, 3.63) is 36.0 Å². The Morgan fingerprint density at radius 2 is 1.54 bits per heavy atom. The molecule has 0 spiro atoms. The van der Waals surface area contributed by atoms with E-state index in [-0.39, 0.29) is 0 Å². The van der Waals surface area contributed by atoms with E-state index in [1.807, 2.05) is 30.5 Å². The number of H-pyrrole nitrogens is 1. The smallest absolute Gasteiger partial charge is 0.336 e. The van der Waals surface area contributed by atoms with Gasteiger partial charge in [-0.15, -0.1) is 0 Å². The van der Waals surface area contributed by atoms with Crippen molar-refractivity contribution in [2.45, 2.75) is 30.9 Å². The third kappa shape index (κ3) is 6.37. The summed E-state index contributed by atoms with van der Waals surface area (Å²) in [5.74, 6) is -5.99. The molecule has 28 heavy (non-hydrogen) atoms. The molecule has 1 aromatic heterocycles. The summed E-state index contributed by atoms with van der Waals surface area (Å²) >= 11 is 0. The van der Waals surface area contributed by atoms with E-state index >= 15 is 0 Å². The minimum absolute atomic E-state index is 0.347. The Hall–Kier alpha value is -3.44. The van der Waals surface area contributed by atoms with Crippen LogP contribution in [0.2, 0.25) is 0 Å². The number of aromatic amines is 1. The molecule has 0 fully saturated rings. The number of hydrogen-bond acceptors (Lipinski definition) is 6. The Kier molecular flexibility index (Phi) is 7.65. The van der Waals surface area contributed by atoms with Crippen molar-refractivity contribution < 1.29 is 44.7 Å². The van der Waals surface area contributed by atoms with Gasteiger partial charge in [0.05, 0.1) is 12.8 Å². The number of nitrogens with two attached hydrogens (primary N) is 1. The fourth-order valence-electron chi connectivity index (χ4n) is 2.34. The summed E-state index contributed by atoms with van der Waals surface area (Å²) in [7, 11) is 0. The van der Waals surface area contributed by atoms with E-state index in [0.717, 1.165) is 16.5 Å². The van der Waals surface area contributed by atoms with E-state index in [4.69, 9.17) is 31.3 Å². The van der Waals surface area contributed by atoms with E-state index in [9.17, 15) is 19.2 Å². The Morgan fingerprint density at radius 3 is 2.00 bits per heavy atom. The largest absolute Gasteiger partial charge is 0.481 e. The lowest BCUT2D eigenvalue weighted by Gasteiger charge is -2.18. The molecule has 2 rings (SSSR count). The highest BCUT2D eigenvalue weighted by Gasteiger charge is 2.40. The molecule has 152 valence electrons. The molecule has 8 N–H and O–H groups in total. The third-order valence-electron chi connectivity index (χ3n) is 3.72. The van der Waals surface area contributed by atoms with Crippen molar-refractivity contribution in [3.8, 4) is 0 Å². The van der Waals surface area contributed by atoms with Gasteiger partial charge in [-0.3, -0.25) is 14.4 Å². The molecular formula is C17H20N2O9. The van der Waals surface area contributed by atoms with Gasteiger partial charge in [-0.25, -0.2) is 4.79 Å². The molecule has 0 saturated carbocycles. The molecule has 0 radical (unpaired) electrons. The van der Waals surface area contributed by atoms with Crippen LogP contribution in [0.15, 0.2) is 30.5 Å². The lowest BCUT2D eigenvalue weighted by Crippen LogP contribution is -2.42. The van der Waals surface area contributed by atoms with Crippen LogP contribution in [-0.4, -0.2) is 66.0 Å². The summed E-state index contributed by atoms with van der Waals surface area (Å²) in [4.78, 5) is 44.2. The third-order valence-corrected chi connectivity index (χ3v) is 3.72. The number of carboxylic acid groups (broad SMARTS) is 4. The molecule has 1 aromatic carbocycles. The summed E-state index contributed by atoms with van der Waals surface area (Å²) in [6, 6.07) is 6.91. The van der Waals surface area contributed by atoms with Crippen LogP contribution in [0, 0.1) is 0 Å². The number of fused-ring (bicyclic) bond motifs is 1. The second-order valence-corrected chi connectivity index (χ2v) is 5.99. The Morgan fingerprint density at radius 1 is 1.00 bits per heavy atom. The van der Waals surface area contributed by atoms with Gasteiger partial charge in [-0.2, -0.15) is 0 Å². The van der Waals surface area contributed by atoms with Gasteiger partial charge in [0, 0.05) is 23.5 Å². The molecule has 1 heterocycles. The molecule has 0 bridgehead atoms. The number of para-hydroxylation sites is 1. The number of benzene rings is 1. The van der Waals surface area contributed by atoms with Crippen molar-refractivity contribution in [3.63, 3.8) is 0 Å². The molecule has 0 saturated heterocycles. The quantitative estimate of drug-likeness (QED) is 0.314. The van der Waals surface area contributed by atoms with Gasteiger partial charge in [0.1, 0.15) is 6.04 Å². The van der Waals surface area contributed by atoms with Crippen LogP contribution in [-0.2, 0) is 25.6 Å². The Balaban J connectivity index is 0.000000284. The van der Waals surface area contributed by atoms with Crippen LogP contribution in [0.3, 0.4) is 0 Å². The highest BCUT2D eigenvalue weighted by molar-refractivity contribution is 5.88. The number of aromatic nitrogens is 1. The summed E-state index contributed by atoms with van der Waals surface area (Å²) in [5, 5.41) is 43.6. The predicted octanol–water partition coefficient (Wildman–Crippen LogP) is -0.126. The number of aliphatic carboxylic acids is 4. The first-order chi connectivity index (χ1) is 13.0. The van der Waals surface area contributed by atoms with Crippen LogP contribution in [0.4, 0.5) is 0 Å². The zero-order valence-corrected chi connectivity index (χ0v) is 14.5. The van der Waals surface area contributed by atoms with E-state index in [0.29, 0.717) is 6.42 Å². The average molecular weight is 396 g/mol. The maximum Gasteiger partial charge on any atom is 0.336 e. The minimum atomic E-state index is -2.74. The molecule has 0 aliphatic carbocycles. The molecule has 2 aromatic rings. The number of carbonyl (C=O) groups is 4. The number of nitrogens with one attached hydrogen (secondary N) is 1. The van der Waals surface area contributed by atoms with Crippen molar-refractivity contribution in [1.82, 2.24) is 4.98 Å². The Labute approximate surface area is 158 Å². The molecular weight excluding hydrogens is 376 g/mol. The predicted molar refractivity (Wildman–Crippen MR) is 94.7 cm³/mol. The van der Waals surface area contributed by atoms with Gasteiger partial charge in [0.15, 0.2) is 5.60 Å². The topological polar surface area (TPSA) is 211 Å². The minimum Gasteiger partial charge on any atom is -0.481 e. The van der Waals surface area contributed by atoms with E-state index in [1.165, 1.54) is 0 Å². The van der Waals surface area contributed by atoms with Crippen LogP contribution < -0.4 is 5.73 Å². The monoisotopic (exact) mass is 396 g/mol. The number of carboxylic acids is 4. The summed E-state index contributed by atoms with van der Waals surface area (Å²) < 4.78 is 0. The fourth-order valence-corrected chi connectivity index (χ4v) is 2.34. The second kappa shape index (κ2) is 9.48. The van der Waals surface area contributed by atoms with Crippen LogP contribution in [0.1, 0.15) is 18.4 Å². The lowest BCUT2D eigenvalue weighted by atomic mass is 9.96. The molecule has 0 amide bonds. The first-order valence-corrected chi connectivity index (χ1v) is 7.89. The van der Waals surface area contributed by atoms with Crippen LogP contribution in [0.5, 0.6) is 0 Å². The summed E-state index contributed by atoms with van der Waals surface area (Å²) in [6.45, 7) is 0. The standard InChI is InChI=1S/C11H12N2O2.C6H8O7/c12-9(11(14)15)5-7-6-13-10-4-2-1-3-8(7)10;7-3(8)1-6(13,5(11)12)2-4(9)10/h1-4,6,9,13H,5,12H2,(H,14,15);13H,1-2H2,(H,7,8)(H,9,10)(H,11,12). The number of aliphatic hydroxyl groups is 1. The van der Waals surface area contributed by atoms with Gasteiger partial charge >= 0.3 is 23.9 Å². The van der Waals surface area contributed by atoms with E-state index < -0.39 is 48.4 Å². The number of hydrogen-bond donors (Lipinski definition) is 7. The maximum absolute atomic E-state index is 10.6. The summed E-state index contributed by atoms with van der Waals surface area (Å²) in [5.41, 5.74) is 4.70. The molecule has 11 nitrogen and oxygen atoms in total. The fraction of sp³-hybridized carbons (Fsp3) is 0.294. The van der Waals surface area contributed by atoms with Gasteiger partial charge < -0.3 is 36.3 Å². The molecule has 0 aliphatic rings. The van der Waals surface area contributed by atoms with Gasteiger partial charge in [0.25, 0.3) is 0 Å². The SMILES string of the molecule is NC(Cc1c[nH]c2ccccc12)C(=O)O.O=C(O)CC(O)(CC(=O)O)C(=O)O. The molecule has 1 unspecified atom stereocenters. The van der Waals surface area contributed by atoms with Gasteiger partial charge in [0.2, 0.25) is 0 Å². The lowest BCUT2D eigenvalue weighted by molar-refractivity contribution is -0.170. The van der Waals surface area contributed by atoms with Crippen LogP contribution in [0.25, 0.3) is 10.9 Å². The number of rotatable bonds is 8.